The van der Waals surface area contributed by atoms with Gasteiger partial charge in [0, 0.05) is 44.8 Å². The lowest BCUT2D eigenvalue weighted by Gasteiger charge is -2.24. The van der Waals surface area contributed by atoms with Gasteiger partial charge in [-0.2, -0.15) is 0 Å². The fourth-order valence-corrected chi connectivity index (χ4v) is 6.26. The number of carbonyl (C=O) groups is 9. The highest BCUT2D eigenvalue weighted by molar-refractivity contribution is 5.96. The first kappa shape index (κ1) is 57.1. The van der Waals surface area contributed by atoms with Crippen LogP contribution in [0.15, 0.2) is 47.7 Å². The maximum Gasteiger partial charge on any atom is 0.310 e. The number of hydrogen-bond donors (Lipinski definition) is 14. The minimum Gasteiger partial charge on any atom is -0.502 e. The van der Waals surface area contributed by atoms with E-state index in [0.29, 0.717) is 37.8 Å². The maximum atomic E-state index is 14.1. The topological polar surface area (TPSA) is 463 Å². The molecule has 0 bridgehead atoms. The van der Waals surface area contributed by atoms with Gasteiger partial charge >= 0.3 is 5.69 Å². The van der Waals surface area contributed by atoms with Crippen LogP contribution in [0.5, 0.6) is 5.75 Å². The van der Waals surface area contributed by atoms with Crippen LogP contribution >= 0.6 is 0 Å². The Balaban J connectivity index is 2.30. The molecule has 18 N–H and O–H groups in total. The number of carbonyl (C=O) groups excluding carboxylic acids is 9. The minimum atomic E-state index is -1.60. The Kier molecular flexibility index (Phi) is 25.1. The molecule has 69 heavy (non-hydrogen) atoms. The van der Waals surface area contributed by atoms with Crippen molar-refractivity contribution in [3.05, 3.63) is 64.0 Å². The van der Waals surface area contributed by atoms with Gasteiger partial charge in [-0.3, -0.25) is 63.2 Å². The standard InChI is InChI=1S/C41H61N15O13/c1-23(58)51-30(22-57)40(67)54-27(9-3-5-14-47-41(44)45)37(64)50-21-35(62)53-29(16-25-7-6-13-46-18-25)39(66)55-28(15-24-10-11-32(59)31(17-24)56(68)69)38(65)49-19-33(60)48-20-34(61)52-26(36(43)63)8-2-4-12-42/h6-7,10-11,13,17-18,26-30,57,59H,2-5,8-9,12,14-16,19-22,42H2,1H3,(H2,43,63)(H,48,60)(H,49,65)(H,50,64)(H,51,58)(H,52,61)(H,53,62)(H,54,67)(H,55,66)(H4,44,45,47)/t26-,27-,28-,29-,30-/m0/s1. The van der Waals surface area contributed by atoms with E-state index >= 15 is 0 Å². The second kappa shape index (κ2) is 30.3. The number of amides is 9. The molecule has 0 saturated carbocycles. The van der Waals surface area contributed by atoms with Crippen LogP contribution in [-0.4, -0.2) is 149 Å². The summed E-state index contributed by atoms with van der Waals surface area (Å²) < 4.78 is 0. The average Bonchev–Trinajstić information content (AvgIpc) is 3.30. The molecule has 0 fully saturated rings. The van der Waals surface area contributed by atoms with Gasteiger partial charge in [0.2, 0.25) is 53.2 Å². The molecule has 378 valence electrons. The third kappa shape index (κ3) is 22.4. The molecule has 28 heteroatoms. The first-order valence-electron chi connectivity index (χ1n) is 21.5. The largest absolute Gasteiger partial charge is 0.502 e. The predicted octanol–water partition coefficient (Wildman–Crippen LogP) is -5.68. The van der Waals surface area contributed by atoms with Crippen LogP contribution in [-0.2, 0) is 56.0 Å². The molecule has 0 aliphatic rings. The summed E-state index contributed by atoms with van der Waals surface area (Å²) >= 11 is 0. The van der Waals surface area contributed by atoms with Crippen LogP contribution in [0.3, 0.4) is 0 Å². The van der Waals surface area contributed by atoms with E-state index in [4.69, 9.17) is 22.9 Å². The summed E-state index contributed by atoms with van der Waals surface area (Å²) in [5.41, 5.74) is 21.3. The number of aromatic nitrogens is 1. The lowest BCUT2D eigenvalue weighted by Crippen LogP contribution is -2.57. The number of pyridine rings is 1. The van der Waals surface area contributed by atoms with Gasteiger partial charge in [-0.05, 0) is 68.3 Å². The van der Waals surface area contributed by atoms with E-state index in [1.54, 1.807) is 12.1 Å². The van der Waals surface area contributed by atoms with Crippen molar-refractivity contribution in [2.75, 3.05) is 39.3 Å². The number of benzene rings is 1. The van der Waals surface area contributed by atoms with Crippen molar-refractivity contribution in [1.82, 2.24) is 47.5 Å². The van der Waals surface area contributed by atoms with Crippen LogP contribution in [0.2, 0.25) is 0 Å². The number of primary amides is 1. The minimum absolute atomic E-state index is 0.00141. The Bertz CT molecular complexity index is 2140. The number of nitro groups is 1. The van der Waals surface area contributed by atoms with Crippen molar-refractivity contribution in [3.8, 4) is 5.75 Å². The van der Waals surface area contributed by atoms with Gasteiger partial charge in [-0.25, -0.2) is 0 Å². The summed E-state index contributed by atoms with van der Waals surface area (Å²) in [4.78, 5) is 135. The van der Waals surface area contributed by atoms with Gasteiger partial charge in [-0.1, -0.05) is 12.1 Å². The van der Waals surface area contributed by atoms with Crippen molar-refractivity contribution in [1.29, 1.82) is 0 Å². The quantitative estimate of drug-likeness (QED) is 0.0110. The molecule has 2 rings (SSSR count). The number of guanidine groups is 1. The maximum absolute atomic E-state index is 14.1. The molecule has 0 aliphatic carbocycles. The molecular weight excluding hydrogens is 911 g/mol. The first-order chi connectivity index (χ1) is 32.7. The summed E-state index contributed by atoms with van der Waals surface area (Å²) in [5.74, 6) is -8.57. The highest BCUT2D eigenvalue weighted by atomic mass is 16.6. The van der Waals surface area contributed by atoms with E-state index in [1.807, 2.05) is 0 Å². The smallest absolute Gasteiger partial charge is 0.310 e. The molecule has 1 aromatic heterocycles. The number of rotatable bonds is 31. The number of phenols is 1. The van der Waals surface area contributed by atoms with Crippen LogP contribution in [0.1, 0.15) is 56.6 Å². The van der Waals surface area contributed by atoms with Crippen molar-refractivity contribution in [2.45, 2.75) is 88.5 Å². The summed E-state index contributed by atoms with van der Waals surface area (Å²) in [6.07, 6.45) is 4.12. The van der Waals surface area contributed by atoms with Gasteiger partial charge in [0.1, 0.15) is 30.2 Å². The zero-order valence-electron chi connectivity index (χ0n) is 37.9. The Morgan fingerprint density at radius 3 is 1.86 bits per heavy atom. The van der Waals surface area contributed by atoms with E-state index in [1.165, 1.54) is 18.5 Å². The highest BCUT2D eigenvalue weighted by Crippen LogP contribution is 2.27. The lowest BCUT2D eigenvalue weighted by atomic mass is 10.0. The van der Waals surface area contributed by atoms with Crippen LogP contribution in [0.25, 0.3) is 0 Å². The van der Waals surface area contributed by atoms with Gasteiger partial charge in [0.05, 0.1) is 31.2 Å². The molecular formula is C41H61N15O13. The zero-order valence-corrected chi connectivity index (χ0v) is 37.9. The average molecular weight is 972 g/mol. The third-order valence-electron chi connectivity index (χ3n) is 9.75. The number of nitrogens with one attached hydrogen (secondary N) is 8. The fourth-order valence-electron chi connectivity index (χ4n) is 6.26. The van der Waals surface area contributed by atoms with E-state index in [2.05, 4.69) is 52.5 Å². The number of aliphatic imine (C=N–C) groups is 1. The molecule has 0 unspecified atom stereocenters. The van der Waals surface area contributed by atoms with E-state index in [-0.39, 0.29) is 37.3 Å². The summed E-state index contributed by atoms with van der Waals surface area (Å²) in [6, 6.07) is -0.468. The summed E-state index contributed by atoms with van der Waals surface area (Å²) in [7, 11) is 0. The number of aromatic hydroxyl groups is 1. The van der Waals surface area contributed by atoms with Crippen molar-refractivity contribution >= 4 is 64.8 Å². The van der Waals surface area contributed by atoms with E-state index in [0.717, 1.165) is 19.1 Å². The normalized spacial score (nSPS) is 12.8. The molecule has 5 atom stereocenters. The zero-order chi connectivity index (χ0) is 51.5. The van der Waals surface area contributed by atoms with Gasteiger partial charge < -0.3 is 75.7 Å². The number of nitrogens with zero attached hydrogens (tertiary/aromatic N) is 3. The molecule has 1 heterocycles. The molecule has 1 aromatic carbocycles. The number of nitro benzene ring substituents is 1. The van der Waals surface area contributed by atoms with Gasteiger partial charge in [-0.15, -0.1) is 0 Å². The predicted molar refractivity (Wildman–Crippen MR) is 244 cm³/mol. The second-order valence-corrected chi connectivity index (χ2v) is 15.3. The SMILES string of the molecule is CC(=O)N[C@@H](CO)C(=O)N[C@@H](CCCCN=C(N)N)C(=O)NCC(=O)N[C@@H](Cc1cccnc1)C(=O)N[C@@H](Cc1ccc(O)c([N+](=O)[O-])c1)C(=O)NCC(=O)NCC(=O)N[C@@H](CCCCN)C(N)=O. The molecule has 0 saturated heterocycles. The Labute approximate surface area is 395 Å². The highest BCUT2D eigenvalue weighted by Gasteiger charge is 2.30. The van der Waals surface area contributed by atoms with Crippen LogP contribution < -0.4 is 65.5 Å². The van der Waals surface area contributed by atoms with Crippen molar-refractivity contribution < 1.29 is 58.3 Å². The molecule has 9 amide bonds. The van der Waals surface area contributed by atoms with E-state index in [9.17, 15) is 63.5 Å². The van der Waals surface area contributed by atoms with Gasteiger partial charge in [0.25, 0.3) is 0 Å². The van der Waals surface area contributed by atoms with Gasteiger partial charge in [0.15, 0.2) is 11.7 Å². The molecule has 0 spiro atoms. The number of nitrogens with two attached hydrogens (primary N) is 4. The number of aliphatic hydroxyl groups excluding tert-OH is 1. The Hall–Kier alpha value is -8.01. The van der Waals surface area contributed by atoms with Crippen molar-refractivity contribution in [3.63, 3.8) is 0 Å². The second-order valence-electron chi connectivity index (χ2n) is 15.3. The van der Waals surface area contributed by atoms with Crippen LogP contribution in [0.4, 0.5) is 5.69 Å². The number of unbranched alkanes of at least 4 members (excludes halogenated alkanes) is 2. The summed E-state index contributed by atoms with van der Waals surface area (Å²) in [5, 5.41) is 50.3. The Morgan fingerprint density at radius 1 is 0.696 bits per heavy atom. The summed E-state index contributed by atoms with van der Waals surface area (Å²) in [6.45, 7) is -1.22. The molecule has 0 aliphatic heterocycles. The first-order valence-corrected chi connectivity index (χ1v) is 21.5. The molecule has 28 nitrogen and oxygen atoms in total. The monoisotopic (exact) mass is 971 g/mol. The number of phenolic OH excluding ortho intramolecular Hbond substituents is 1. The van der Waals surface area contributed by atoms with Crippen LogP contribution in [0, 0.1) is 10.1 Å². The Morgan fingerprint density at radius 2 is 1.26 bits per heavy atom. The molecule has 2 aromatic rings. The van der Waals surface area contributed by atoms with Crippen molar-refractivity contribution in [2.24, 2.45) is 27.9 Å². The number of aliphatic hydroxyl groups is 1. The molecule has 0 radical (unpaired) electrons. The third-order valence-corrected chi connectivity index (χ3v) is 9.75. The van der Waals surface area contributed by atoms with E-state index < -0.39 is 132 Å². The fraction of sp³-hybridized carbons (Fsp3) is 0.488. The number of hydrogen-bond acceptors (Lipinski definition) is 16. The lowest BCUT2D eigenvalue weighted by molar-refractivity contribution is -0.385.